The standard InChI is InChI=1S/C15H12ClNO4/c1-20-15(19)10-5-6-12(17-7-10)9-21-14-11(8-18)3-2-4-13(14)16/h2-8H,9H2,1H3. The lowest BCUT2D eigenvalue weighted by Crippen LogP contribution is -2.04. The molecule has 0 aliphatic carbocycles. The van der Waals surface area contributed by atoms with Crippen molar-refractivity contribution in [3.05, 3.63) is 58.4 Å². The van der Waals surface area contributed by atoms with Crippen molar-refractivity contribution in [2.45, 2.75) is 6.61 Å². The highest BCUT2D eigenvalue weighted by Crippen LogP contribution is 2.28. The summed E-state index contributed by atoms with van der Waals surface area (Å²) < 4.78 is 10.1. The fourth-order valence-electron chi connectivity index (χ4n) is 1.67. The number of pyridine rings is 1. The van der Waals surface area contributed by atoms with E-state index in [0.717, 1.165) is 0 Å². The van der Waals surface area contributed by atoms with Crippen molar-refractivity contribution in [1.29, 1.82) is 0 Å². The minimum atomic E-state index is -0.454. The molecule has 0 saturated carbocycles. The molecule has 0 N–H and O–H groups in total. The second-order valence-electron chi connectivity index (χ2n) is 4.09. The Bertz CT molecular complexity index is 655. The Morgan fingerprint density at radius 2 is 2.14 bits per heavy atom. The Balaban J connectivity index is 2.10. The quantitative estimate of drug-likeness (QED) is 0.627. The molecule has 2 aromatic rings. The topological polar surface area (TPSA) is 65.5 Å². The van der Waals surface area contributed by atoms with E-state index in [0.29, 0.717) is 33.9 Å². The van der Waals surface area contributed by atoms with Crippen molar-refractivity contribution >= 4 is 23.9 Å². The van der Waals surface area contributed by atoms with Gasteiger partial charge in [0.15, 0.2) is 6.29 Å². The van der Waals surface area contributed by atoms with Gasteiger partial charge in [-0.2, -0.15) is 0 Å². The van der Waals surface area contributed by atoms with Crippen LogP contribution in [0.4, 0.5) is 0 Å². The van der Waals surface area contributed by atoms with Gasteiger partial charge in [-0.15, -0.1) is 0 Å². The van der Waals surface area contributed by atoms with Crippen LogP contribution in [-0.4, -0.2) is 24.3 Å². The fourth-order valence-corrected chi connectivity index (χ4v) is 1.90. The number of carbonyl (C=O) groups excluding carboxylic acids is 2. The molecule has 0 spiro atoms. The summed E-state index contributed by atoms with van der Waals surface area (Å²) in [6.45, 7) is 0.131. The van der Waals surface area contributed by atoms with Crippen molar-refractivity contribution < 1.29 is 19.1 Å². The van der Waals surface area contributed by atoms with Gasteiger partial charge in [-0.05, 0) is 24.3 Å². The first-order valence-electron chi connectivity index (χ1n) is 6.05. The van der Waals surface area contributed by atoms with Crippen molar-refractivity contribution in [1.82, 2.24) is 4.98 Å². The summed E-state index contributed by atoms with van der Waals surface area (Å²) in [6.07, 6.45) is 2.08. The van der Waals surface area contributed by atoms with Crippen molar-refractivity contribution in [3.63, 3.8) is 0 Å². The normalized spacial score (nSPS) is 10.0. The van der Waals surface area contributed by atoms with Crippen LogP contribution in [0.2, 0.25) is 5.02 Å². The van der Waals surface area contributed by atoms with Crippen LogP contribution in [0.3, 0.4) is 0 Å². The number of para-hydroxylation sites is 1. The van der Waals surface area contributed by atoms with Crippen LogP contribution in [0.15, 0.2) is 36.5 Å². The third-order valence-electron chi connectivity index (χ3n) is 2.73. The average Bonchev–Trinajstić information content (AvgIpc) is 2.53. The van der Waals surface area contributed by atoms with Crippen LogP contribution in [-0.2, 0) is 11.3 Å². The van der Waals surface area contributed by atoms with E-state index in [4.69, 9.17) is 16.3 Å². The van der Waals surface area contributed by atoms with Crippen LogP contribution in [0.1, 0.15) is 26.4 Å². The van der Waals surface area contributed by atoms with Gasteiger partial charge < -0.3 is 9.47 Å². The highest BCUT2D eigenvalue weighted by molar-refractivity contribution is 6.32. The first kappa shape index (κ1) is 15.0. The number of aldehydes is 1. The van der Waals surface area contributed by atoms with Gasteiger partial charge in [-0.1, -0.05) is 17.7 Å². The van der Waals surface area contributed by atoms with E-state index < -0.39 is 5.97 Å². The van der Waals surface area contributed by atoms with Crippen LogP contribution in [0, 0.1) is 0 Å². The third kappa shape index (κ3) is 3.58. The Morgan fingerprint density at radius 1 is 1.33 bits per heavy atom. The Hall–Kier alpha value is -2.40. The molecule has 0 atom stereocenters. The molecule has 0 aliphatic rings. The maximum absolute atomic E-state index is 11.3. The zero-order valence-electron chi connectivity index (χ0n) is 11.2. The highest BCUT2D eigenvalue weighted by Gasteiger charge is 2.09. The summed E-state index contributed by atoms with van der Waals surface area (Å²) in [7, 11) is 1.30. The molecule has 1 heterocycles. The minimum absolute atomic E-state index is 0.131. The number of ether oxygens (including phenoxy) is 2. The molecule has 0 bridgehead atoms. The van der Waals surface area contributed by atoms with Gasteiger partial charge in [0.1, 0.15) is 12.4 Å². The SMILES string of the molecule is COC(=O)c1ccc(COc2c(Cl)cccc2C=O)nc1. The first-order valence-corrected chi connectivity index (χ1v) is 6.43. The number of hydrogen-bond acceptors (Lipinski definition) is 5. The highest BCUT2D eigenvalue weighted by atomic mass is 35.5. The van der Waals surface area contributed by atoms with Gasteiger partial charge in [0.25, 0.3) is 0 Å². The van der Waals surface area contributed by atoms with Gasteiger partial charge in [0.05, 0.1) is 29.0 Å². The second kappa shape index (κ2) is 6.85. The Morgan fingerprint density at radius 3 is 2.76 bits per heavy atom. The lowest BCUT2D eigenvalue weighted by Gasteiger charge is -2.09. The summed E-state index contributed by atoms with van der Waals surface area (Å²) in [5, 5.41) is 0.353. The Kier molecular flexibility index (Phi) is 4.90. The number of aromatic nitrogens is 1. The number of methoxy groups -OCH3 is 1. The molecular weight excluding hydrogens is 294 g/mol. The fraction of sp³-hybridized carbons (Fsp3) is 0.133. The third-order valence-corrected chi connectivity index (χ3v) is 3.03. The molecule has 108 valence electrons. The summed E-state index contributed by atoms with van der Waals surface area (Å²) in [4.78, 5) is 26.3. The van der Waals surface area contributed by atoms with Gasteiger partial charge in [-0.3, -0.25) is 9.78 Å². The molecule has 0 amide bonds. The number of benzene rings is 1. The van der Waals surface area contributed by atoms with E-state index in [1.807, 2.05) is 0 Å². The summed E-state index contributed by atoms with van der Waals surface area (Å²) >= 11 is 5.99. The number of esters is 1. The molecule has 6 heteroatoms. The monoisotopic (exact) mass is 305 g/mol. The van der Waals surface area contributed by atoms with E-state index in [2.05, 4.69) is 9.72 Å². The second-order valence-corrected chi connectivity index (χ2v) is 4.50. The summed E-state index contributed by atoms with van der Waals surface area (Å²) in [6, 6.07) is 8.15. The molecule has 0 saturated heterocycles. The van der Waals surface area contributed by atoms with Crippen LogP contribution < -0.4 is 4.74 Å². The molecule has 0 fully saturated rings. The summed E-state index contributed by atoms with van der Waals surface area (Å²) in [5.41, 5.74) is 1.32. The van der Waals surface area contributed by atoms with Gasteiger partial charge in [0.2, 0.25) is 0 Å². The van der Waals surface area contributed by atoms with E-state index in [-0.39, 0.29) is 6.61 Å². The van der Waals surface area contributed by atoms with E-state index >= 15 is 0 Å². The number of carbonyl (C=O) groups is 2. The summed E-state index contributed by atoms with van der Waals surface area (Å²) in [5.74, 6) is -0.141. The van der Waals surface area contributed by atoms with Crippen LogP contribution >= 0.6 is 11.6 Å². The molecular formula is C15H12ClNO4. The van der Waals surface area contributed by atoms with Gasteiger partial charge in [0, 0.05) is 6.20 Å². The number of nitrogens with zero attached hydrogens (tertiary/aromatic N) is 1. The molecule has 21 heavy (non-hydrogen) atoms. The maximum atomic E-state index is 11.3. The number of halogens is 1. The van der Waals surface area contributed by atoms with E-state index in [9.17, 15) is 9.59 Å². The molecule has 1 aromatic heterocycles. The minimum Gasteiger partial charge on any atom is -0.485 e. The average molecular weight is 306 g/mol. The van der Waals surface area contributed by atoms with Gasteiger partial charge in [-0.25, -0.2) is 4.79 Å². The van der Waals surface area contributed by atoms with Crippen molar-refractivity contribution in [2.24, 2.45) is 0 Å². The number of rotatable bonds is 5. The lowest BCUT2D eigenvalue weighted by atomic mass is 10.2. The zero-order valence-corrected chi connectivity index (χ0v) is 12.0. The van der Waals surface area contributed by atoms with E-state index in [1.54, 1.807) is 30.3 Å². The van der Waals surface area contributed by atoms with Crippen molar-refractivity contribution in [2.75, 3.05) is 7.11 Å². The molecule has 0 aliphatic heterocycles. The predicted octanol–water partition coefficient (Wildman–Crippen LogP) is 2.91. The van der Waals surface area contributed by atoms with Crippen LogP contribution in [0.5, 0.6) is 5.75 Å². The predicted molar refractivity (Wildman–Crippen MR) is 76.7 cm³/mol. The zero-order chi connectivity index (χ0) is 15.2. The Labute approximate surface area is 126 Å². The molecule has 2 rings (SSSR count). The maximum Gasteiger partial charge on any atom is 0.339 e. The van der Waals surface area contributed by atoms with E-state index in [1.165, 1.54) is 13.3 Å². The molecule has 1 aromatic carbocycles. The van der Waals surface area contributed by atoms with Gasteiger partial charge >= 0.3 is 5.97 Å². The number of hydrogen-bond donors (Lipinski definition) is 0. The molecule has 0 radical (unpaired) electrons. The smallest absolute Gasteiger partial charge is 0.339 e. The molecule has 5 nitrogen and oxygen atoms in total. The first-order chi connectivity index (χ1) is 10.2. The van der Waals surface area contributed by atoms with Crippen LogP contribution in [0.25, 0.3) is 0 Å². The molecule has 0 unspecified atom stereocenters. The lowest BCUT2D eigenvalue weighted by molar-refractivity contribution is 0.0600. The van der Waals surface area contributed by atoms with Crippen molar-refractivity contribution in [3.8, 4) is 5.75 Å². The largest absolute Gasteiger partial charge is 0.485 e.